The molecule has 0 spiro atoms. The minimum atomic E-state index is -3.42. The second kappa shape index (κ2) is 44.7. The summed E-state index contributed by atoms with van der Waals surface area (Å²) in [4.78, 5) is 112. The summed E-state index contributed by atoms with van der Waals surface area (Å²) in [6.45, 7) is 22.6. The second-order valence-electron chi connectivity index (χ2n) is 27.8. The first-order chi connectivity index (χ1) is 55.1. The molecule has 4 aromatic carbocycles. The van der Waals surface area contributed by atoms with Crippen LogP contribution < -0.4 is 42.5 Å². The van der Waals surface area contributed by atoms with Crippen molar-refractivity contribution in [1.29, 1.82) is 0 Å². The molecule has 8 aromatic rings. The predicted octanol–water partition coefficient (Wildman–Crippen LogP) is 9.77. The molecule has 12 rings (SSSR count). The van der Waals surface area contributed by atoms with Crippen LogP contribution in [0.2, 0.25) is 0 Å². The molecule has 8 N–H and O–H groups in total. The standard InChI is InChI=1S/C20H27FN6O3S.C20H24FN5O2.2C19H22BFN5O2.CH4/c1-15-4-6-17(13-22-15)23-20(28)24-19-12-16(5-7-18(19)21)14-26-8-10-27(11-9-26)31(29,30)25(2)3;1-14-3-5-17(12-22-14)23-20(28)24-19-11-16(4-6-18(19)21)13-25-7-9-26(10-8-25)15(2)27;2*1-14-2-4-16(11-22-14)23-19(28)24-18-10-15(3-5-17(18)21)12-25-6-8-26(9-7-25)20-13-27;/h4-7,12-13H,8-11,14H2,1-3H3,(H2,23,24,28);3-6,11-12H,7-10,13H2,1-2H3,(H2,23,24,28);2*2-5,10-11,13H,6-9,12H2,1H3,(H2,23,24,28);1H4. The third-order valence-electron chi connectivity index (χ3n) is 18.7. The molecule has 9 amide bonds. The Morgan fingerprint density at radius 3 is 0.862 bits per heavy atom. The fourth-order valence-corrected chi connectivity index (χ4v) is 13.4. The van der Waals surface area contributed by atoms with Gasteiger partial charge < -0.3 is 66.6 Å². The van der Waals surface area contributed by atoms with E-state index in [9.17, 15) is 59.5 Å². The number of rotatable bonds is 22. The van der Waals surface area contributed by atoms with Crippen LogP contribution in [0.1, 0.15) is 59.4 Å². The summed E-state index contributed by atoms with van der Waals surface area (Å²) in [6, 6.07) is 30.6. The summed E-state index contributed by atoms with van der Waals surface area (Å²) in [5.74, 6) is -1.94. The van der Waals surface area contributed by atoms with Crippen LogP contribution in [0.15, 0.2) is 146 Å². The van der Waals surface area contributed by atoms with E-state index in [0.717, 1.165) is 123 Å². The topological polar surface area (TPSA) is 331 Å². The number of pyridine rings is 4. The fraction of sp³-hybridized carbons (Fsp3) is 0.354. The molecular weight excluding hydrogens is 1520 g/mol. The number of nitrogens with one attached hydrogen (secondary N) is 8. The number of aromatic nitrogens is 4. The van der Waals surface area contributed by atoms with Gasteiger partial charge in [0.1, 0.15) is 23.3 Å². The van der Waals surface area contributed by atoms with E-state index in [1.807, 2.05) is 42.2 Å². The van der Waals surface area contributed by atoms with Crippen molar-refractivity contribution in [3.05, 3.63) is 214 Å². The van der Waals surface area contributed by atoms with Gasteiger partial charge in [-0.2, -0.15) is 17.0 Å². The molecule has 0 aliphatic carbocycles. The third-order valence-corrected chi connectivity index (χ3v) is 20.7. The first kappa shape index (κ1) is 90.4. The van der Waals surface area contributed by atoms with E-state index >= 15 is 0 Å². The Labute approximate surface area is 675 Å². The van der Waals surface area contributed by atoms with Crippen molar-refractivity contribution in [1.82, 2.24) is 62.7 Å². The van der Waals surface area contributed by atoms with Gasteiger partial charge in [-0.05, 0) is 147 Å². The van der Waals surface area contributed by atoms with E-state index in [0.29, 0.717) is 88.2 Å². The quantitative estimate of drug-likeness (QED) is 0.0178. The molecule has 2 radical (unpaired) electrons. The van der Waals surface area contributed by atoms with E-state index in [4.69, 9.17) is 0 Å². The molecule has 614 valence electrons. The molecule has 4 saturated heterocycles. The number of piperazine rings is 4. The maximum atomic E-state index is 14.2. The van der Waals surface area contributed by atoms with E-state index < -0.39 is 57.6 Å². The van der Waals surface area contributed by atoms with E-state index in [-0.39, 0.29) is 36.1 Å². The van der Waals surface area contributed by atoms with Crippen molar-refractivity contribution in [2.45, 2.75) is 68.2 Å². The highest BCUT2D eigenvalue weighted by Crippen LogP contribution is 2.25. The van der Waals surface area contributed by atoms with Gasteiger partial charge in [0.05, 0.1) is 82.7 Å². The van der Waals surface area contributed by atoms with Gasteiger partial charge in [-0.15, -0.1) is 0 Å². The maximum absolute atomic E-state index is 14.2. The first-order valence-electron chi connectivity index (χ1n) is 37.2. The highest BCUT2D eigenvalue weighted by Gasteiger charge is 2.29. The molecule has 0 bridgehead atoms. The largest absolute Gasteiger partial charge is 0.340 e. The average Bonchev–Trinajstić information content (AvgIpc) is 0.781. The summed E-state index contributed by atoms with van der Waals surface area (Å²) in [5, 5.41) is 20.7. The monoisotopic (exact) mass is 1620 g/mol. The van der Waals surface area contributed by atoms with Crippen LogP contribution in [-0.2, 0) is 50.8 Å². The van der Waals surface area contributed by atoms with Crippen LogP contribution in [0.25, 0.3) is 0 Å². The molecule has 0 unspecified atom stereocenters. The molecule has 4 aromatic heterocycles. The zero-order chi connectivity index (χ0) is 82.6. The fourth-order valence-electron chi connectivity index (χ4n) is 12.3. The van der Waals surface area contributed by atoms with Gasteiger partial charge in [0.25, 0.3) is 25.0 Å². The number of urea groups is 4. The highest BCUT2D eigenvalue weighted by atomic mass is 32.2. The van der Waals surface area contributed by atoms with Gasteiger partial charge in [-0.25, -0.2) is 36.7 Å². The zero-order valence-electron chi connectivity index (χ0n) is 65.2. The Kier molecular flexibility index (Phi) is 34.8. The van der Waals surface area contributed by atoms with Crippen molar-refractivity contribution >= 4 is 113 Å². The van der Waals surface area contributed by atoms with Crippen molar-refractivity contribution in [2.75, 3.05) is 161 Å². The number of anilines is 8. The van der Waals surface area contributed by atoms with Gasteiger partial charge in [-0.1, -0.05) is 31.7 Å². The number of benzene rings is 4. The van der Waals surface area contributed by atoms with Crippen molar-refractivity contribution in [2.24, 2.45) is 0 Å². The van der Waals surface area contributed by atoms with Crippen LogP contribution in [0.4, 0.5) is 82.2 Å². The van der Waals surface area contributed by atoms with Crippen LogP contribution in [0, 0.1) is 51.0 Å². The Hall–Kier alpha value is -11.2. The Morgan fingerprint density at radius 2 is 0.638 bits per heavy atom. The molecule has 4 aliphatic heterocycles. The summed E-state index contributed by atoms with van der Waals surface area (Å²) in [5.41, 5.74) is 9.42. The minimum absolute atomic E-state index is 0. The number of halogens is 4. The zero-order valence-corrected chi connectivity index (χ0v) is 66.0. The summed E-state index contributed by atoms with van der Waals surface area (Å²) >= 11 is 0. The molecular formula is C79H99B2F4N21O9S. The number of hydrogen-bond acceptors (Lipinski definition) is 19. The van der Waals surface area contributed by atoms with E-state index in [1.165, 1.54) is 53.2 Å². The van der Waals surface area contributed by atoms with Crippen LogP contribution in [0.3, 0.4) is 0 Å². The summed E-state index contributed by atoms with van der Waals surface area (Å²) < 4.78 is 83.7. The average molecular weight is 1620 g/mol. The summed E-state index contributed by atoms with van der Waals surface area (Å²) in [6.07, 6.45) is 7.75. The molecule has 30 nitrogen and oxygen atoms in total. The van der Waals surface area contributed by atoms with Crippen LogP contribution in [-0.4, -0.2) is 247 Å². The lowest BCUT2D eigenvalue weighted by molar-refractivity contribution is -0.130. The smallest absolute Gasteiger partial charge is 0.323 e. The number of nitrogens with zero attached hydrogens (tertiary/aromatic N) is 13. The number of carbonyl (C=O) groups excluding carboxylic acids is 7. The normalized spacial score (nSPS) is 15.0. The Bertz CT molecular complexity index is 4560. The molecule has 0 saturated carbocycles. The number of carbonyl (C=O) groups is 7. The van der Waals surface area contributed by atoms with Gasteiger partial charge in [0, 0.05) is 175 Å². The van der Waals surface area contributed by atoms with Gasteiger partial charge in [-0.3, -0.25) is 44.3 Å². The molecule has 0 atom stereocenters. The van der Waals surface area contributed by atoms with E-state index in [2.05, 4.69) is 82.1 Å². The Balaban J connectivity index is 0.000000193. The SMILES string of the molecule is C.CC(=O)N1CCN(Cc2ccc(F)c(NC(=O)Nc3ccc(C)nc3)c2)CC1.Cc1ccc(NC(=O)Nc2cc(CN3CCN(S(=O)(=O)N(C)C)CC3)ccc2F)cn1.Cc1ccc(NC(=O)Nc2cc(CN3CCN([B]C=O)CC3)ccc2F)cn1.Cc1ccc(NC(=O)Nc2cc(CN3CCN([B]C=O)CC3)ccc2F)cn1. The number of hydrogen-bond donors (Lipinski definition) is 8. The number of amides is 9. The van der Waals surface area contributed by atoms with Gasteiger partial charge >= 0.3 is 24.1 Å². The summed E-state index contributed by atoms with van der Waals surface area (Å²) in [7, 11) is 2.72. The number of aryl methyl sites for hydroxylation is 4. The van der Waals surface area contributed by atoms with E-state index in [1.54, 1.807) is 137 Å². The Morgan fingerprint density at radius 1 is 0.388 bits per heavy atom. The second-order valence-corrected chi connectivity index (χ2v) is 29.9. The van der Waals surface area contributed by atoms with Crippen molar-refractivity contribution in [3.63, 3.8) is 0 Å². The lowest BCUT2D eigenvalue weighted by atomic mass is 9.93. The van der Waals surface area contributed by atoms with Gasteiger partial charge in [0.15, 0.2) is 0 Å². The molecule has 37 heteroatoms. The molecule has 4 aliphatic rings. The van der Waals surface area contributed by atoms with Crippen LogP contribution in [0.5, 0.6) is 0 Å². The molecule has 8 heterocycles. The third kappa shape index (κ3) is 29.3. The lowest BCUT2D eigenvalue weighted by Crippen LogP contribution is -2.51. The maximum Gasteiger partial charge on any atom is 0.323 e. The van der Waals surface area contributed by atoms with Crippen molar-refractivity contribution in [3.8, 4) is 0 Å². The first-order valence-corrected chi connectivity index (χ1v) is 38.6. The lowest BCUT2D eigenvalue weighted by Gasteiger charge is -2.35. The van der Waals surface area contributed by atoms with Gasteiger partial charge in [0.2, 0.25) is 5.91 Å². The predicted molar refractivity (Wildman–Crippen MR) is 444 cm³/mol. The molecule has 116 heavy (non-hydrogen) atoms. The van der Waals surface area contributed by atoms with Crippen molar-refractivity contribution < 1.29 is 59.5 Å². The molecule has 4 fully saturated rings. The highest BCUT2D eigenvalue weighted by molar-refractivity contribution is 7.86. The minimum Gasteiger partial charge on any atom is -0.340 e. The van der Waals surface area contributed by atoms with Crippen LogP contribution >= 0.6 is 0 Å².